The van der Waals surface area contributed by atoms with E-state index in [2.05, 4.69) is 128 Å². The Morgan fingerprint density at radius 1 is 0.542 bits per heavy atom. The van der Waals surface area contributed by atoms with Gasteiger partial charge in [-0.3, -0.25) is 0 Å². The Kier molecular flexibility index (Phi) is 11.7. The number of hydrogen-bond donors (Lipinski definition) is 2. The van der Waals surface area contributed by atoms with Gasteiger partial charge in [-0.25, -0.2) is 0 Å². The van der Waals surface area contributed by atoms with Crippen molar-refractivity contribution in [3.8, 4) is 33.8 Å². The van der Waals surface area contributed by atoms with E-state index >= 15 is 0 Å². The van der Waals surface area contributed by atoms with Gasteiger partial charge in [-0.15, -0.1) is 0 Å². The number of rotatable bonds is 8. The predicted molar refractivity (Wildman–Crippen MR) is 212 cm³/mol. The number of benzene rings is 4. The van der Waals surface area contributed by atoms with Crippen LogP contribution in [0, 0.1) is 13.8 Å². The van der Waals surface area contributed by atoms with Crippen LogP contribution < -0.4 is 0 Å². The number of phenolic OH excluding ortho intramolecular Hbond substituents is 2. The third-order valence-electron chi connectivity index (χ3n) is 10.0. The fourth-order valence-electron chi connectivity index (χ4n) is 6.83. The average Bonchev–Trinajstić information content (AvgIpc) is 3.01. The molecule has 0 heterocycles. The normalized spacial score (nSPS) is 17.6. The zero-order valence-electron chi connectivity index (χ0n) is 30.5. The van der Waals surface area contributed by atoms with Crippen LogP contribution in [0.3, 0.4) is 0 Å². The highest BCUT2D eigenvalue weighted by Gasteiger charge is 2.27. The lowest BCUT2D eigenvalue weighted by molar-refractivity contribution is 0.470. The summed E-state index contributed by atoms with van der Waals surface area (Å²) in [6.45, 7) is 17.8. The smallest absolute Gasteiger partial charge is 0.127 e. The summed E-state index contributed by atoms with van der Waals surface area (Å²) in [4.78, 5) is 0. The van der Waals surface area contributed by atoms with Crippen LogP contribution in [0.1, 0.15) is 113 Å². The third-order valence-corrected chi connectivity index (χ3v) is 13.1. The second-order valence-corrected chi connectivity index (χ2v) is 18.3. The summed E-state index contributed by atoms with van der Waals surface area (Å²) in [5.74, 6) is 2.43. The minimum Gasteiger partial charge on any atom is -0.507 e. The van der Waals surface area contributed by atoms with Gasteiger partial charge >= 0.3 is 0 Å². The number of phenols is 2. The number of thioether (sulfide) groups is 2. The summed E-state index contributed by atoms with van der Waals surface area (Å²) in [5.41, 5.74) is 11.0. The first-order valence-corrected chi connectivity index (χ1v) is 19.9. The minimum atomic E-state index is -0.0239. The number of aryl methyl sites for hydroxylation is 2. The molecule has 48 heavy (non-hydrogen) atoms. The van der Waals surface area contributed by atoms with E-state index in [1.54, 1.807) is 0 Å². The van der Waals surface area contributed by atoms with Crippen LogP contribution in [-0.2, 0) is 22.3 Å². The van der Waals surface area contributed by atoms with Gasteiger partial charge in [0.1, 0.15) is 11.5 Å². The maximum atomic E-state index is 11.7. The molecular formula is C44H56O2S2. The van der Waals surface area contributed by atoms with Crippen molar-refractivity contribution in [3.63, 3.8) is 0 Å². The van der Waals surface area contributed by atoms with Crippen molar-refractivity contribution in [1.82, 2.24) is 0 Å². The topological polar surface area (TPSA) is 40.5 Å². The van der Waals surface area contributed by atoms with Gasteiger partial charge in [0, 0.05) is 44.3 Å². The molecule has 2 atom stereocenters. The lowest BCUT2D eigenvalue weighted by atomic mass is 9.83. The van der Waals surface area contributed by atoms with Crippen LogP contribution in [0.4, 0.5) is 0 Å². The first kappa shape index (κ1) is 36.5. The summed E-state index contributed by atoms with van der Waals surface area (Å²) in [5, 5.41) is 24.4. The highest BCUT2D eigenvalue weighted by Crippen LogP contribution is 2.45. The summed E-state index contributed by atoms with van der Waals surface area (Å²) in [6, 6.07) is 25.7. The second kappa shape index (κ2) is 15.4. The highest BCUT2D eigenvalue weighted by molar-refractivity contribution is 8.03. The van der Waals surface area contributed by atoms with Crippen LogP contribution in [0.25, 0.3) is 22.3 Å². The van der Waals surface area contributed by atoms with Gasteiger partial charge in [0.25, 0.3) is 0 Å². The van der Waals surface area contributed by atoms with E-state index in [1.807, 2.05) is 23.5 Å². The van der Waals surface area contributed by atoms with Gasteiger partial charge in [0.15, 0.2) is 0 Å². The lowest BCUT2D eigenvalue weighted by Crippen LogP contribution is -2.22. The zero-order chi connectivity index (χ0) is 34.6. The quantitative estimate of drug-likeness (QED) is 0.194. The lowest BCUT2D eigenvalue weighted by Gasteiger charge is -2.30. The summed E-state index contributed by atoms with van der Waals surface area (Å²) in [6.07, 6.45) is 7.47. The Balaban J connectivity index is 1.43. The molecule has 0 aromatic heterocycles. The molecule has 2 unspecified atom stereocenters. The van der Waals surface area contributed by atoms with Gasteiger partial charge in [0.05, 0.1) is 0 Å². The van der Waals surface area contributed by atoms with E-state index in [-0.39, 0.29) is 10.8 Å². The molecule has 0 spiro atoms. The summed E-state index contributed by atoms with van der Waals surface area (Å²) in [7, 11) is 0. The van der Waals surface area contributed by atoms with Gasteiger partial charge < -0.3 is 10.2 Å². The van der Waals surface area contributed by atoms with Crippen molar-refractivity contribution in [2.24, 2.45) is 0 Å². The van der Waals surface area contributed by atoms with E-state index in [1.165, 1.54) is 60.8 Å². The predicted octanol–water partition coefficient (Wildman–Crippen LogP) is 12.9. The Bertz CT molecular complexity index is 1580. The molecule has 4 aromatic rings. The fraction of sp³-hybridized carbons (Fsp3) is 0.455. The van der Waals surface area contributed by atoms with Gasteiger partial charge in [-0.2, -0.15) is 23.5 Å². The van der Waals surface area contributed by atoms with Crippen molar-refractivity contribution >= 4 is 23.5 Å². The van der Waals surface area contributed by atoms with Crippen molar-refractivity contribution < 1.29 is 10.2 Å². The molecule has 1 saturated carbocycles. The van der Waals surface area contributed by atoms with Crippen molar-refractivity contribution in [2.45, 2.75) is 127 Å². The molecule has 2 nitrogen and oxygen atoms in total. The second-order valence-electron chi connectivity index (χ2n) is 15.9. The summed E-state index contributed by atoms with van der Waals surface area (Å²) < 4.78 is 0. The van der Waals surface area contributed by atoms with Crippen molar-refractivity contribution in [3.05, 3.63) is 106 Å². The molecule has 256 valence electrons. The highest BCUT2D eigenvalue weighted by atomic mass is 32.2. The molecule has 0 bridgehead atoms. The van der Waals surface area contributed by atoms with E-state index in [0.717, 1.165) is 44.9 Å². The molecule has 0 saturated heterocycles. The van der Waals surface area contributed by atoms with Crippen LogP contribution in [0.15, 0.2) is 72.8 Å². The molecule has 0 aliphatic heterocycles. The molecule has 1 aliphatic carbocycles. The van der Waals surface area contributed by atoms with E-state index < -0.39 is 0 Å². The largest absolute Gasteiger partial charge is 0.507 e. The Hall–Kier alpha value is -2.82. The summed E-state index contributed by atoms with van der Waals surface area (Å²) >= 11 is 4.06. The maximum absolute atomic E-state index is 11.7. The van der Waals surface area contributed by atoms with Gasteiger partial charge in [-0.1, -0.05) is 128 Å². The molecular weight excluding hydrogens is 625 g/mol. The SMILES string of the molecule is Cc1ccccc1-c1cc(C(C)(C)C)cc(CSC2CCCCCCC2SCc2cc(C(C)(C)C)cc(-c3ccccc3C)c2O)c1O. The molecule has 0 radical (unpaired) electrons. The minimum absolute atomic E-state index is 0.0239. The van der Waals surface area contributed by atoms with E-state index in [0.29, 0.717) is 22.0 Å². The Morgan fingerprint density at radius 2 is 0.917 bits per heavy atom. The molecule has 2 N–H and O–H groups in total. The monoisotopic (exact) mass is 680 g/mol. The van der Waals surface area contributed by atoms with Crippen LogP contribution in [-0.4, -0.2) is 20.7 Å². The number of hydrogen-bond acceptors (Lipinski definition) is 4. The zero-order valence-corrected chi connectivity index (χ0v) is 32.1. The van der Waals surface area contributed by atoms with Crippen LogP contribution in [0.2, 0.25) is 0 Å². The fourth-order valence-corrected chi connectivity index (χ4v) is 9.89. The van der Waals surface area contributed by atoms with Crippen LogP contribution >= 0.6 is 23.5 Å². The van der Waals surface area contributed by atoms with Crippen LogP contribution in [0.5, 0.6) is 11.5 Å². The molecule has 4 heteroatoms. The molecule has 1 aliphatic rings. The first-order valence-electron chi connectivity index (χ1n) is 17.8. The third kappa shape index (κ3) is 8.66. The van der Waals surface area contributed by atoms with Crippen molar-refractivity contribution in [1.29, 1.82) is 0 Å². The molecule has 4 aromatic carbocycles. The molecule has 1 fully saturated rings. The Morgan fingerprint density at radius 3 is 1.27 bits per heavy atom. The Labute approximate surface area is 299 Å². The van der Waals surface area contributed by atoms with E-state index in [4.69, 9.17) is 0 Å². The first-order chi connectivity index (χ1) is 22.7. The maximum Gasteiger partial charge on any atom is 0.127 e. The van der Waals surface area contributed by atoms with Gasteiger partial charge in [0.2, 0.25) is 0 Å². The van der Waals surface area contributed by atoms with Gasteiger partial charge in [-0.05, 0) is 83.0 Å². The molecule has 5 rings (SSSR count). The van der Waals surface area contributed by atoms with E-state index in [9.17, 15) is 10.2 Å². The standard InChI is InChI=1S/C44H56O2S2/c1-29-17-13-15-19-35(29)37-25-33(43(3,4)5)23-31(41(37)45)27-47-39-21-11-9-10-12-22-40(39)48-28-32-24-34(44(6,7)8)26-38(42(32)46)36-20-16-14-18-30(36)2/h13-20,23-26,39-40,45-46H,9-12,21-22,27-28H2,1-8H3. The number of aromatic hydroxyl groups is 2. The van der Waals surface area contributed by atoms with Crippen molar-refractivity contribution in [2.75, 3.05) is 0 Å². The average molecular weight is 681 g/mol. The molecule has 0 amide bonds.